The molecule has 0 bridgehead atoms. The number of ether oxygens (including phenoxy) is 1. The zero-order valence-corrected chi connectivity index (χ0v) is 13.8. The second-order valence-electron chi connectivity index (χ2n) is 5.80. The summed E-state index contributed by atoms with van der Waals surface area (Å²) < 4.78 is 5.40. The molecule has 1 saturated heterocycles. The standard InChI is InChI=1S/C15H18ClN5O2/c1-9-7-11(16)8-10(2)12(9)17-14(22)15(3-5-23-6-4-15)13-18-20-21-19-13/h7-8H,3-6H2,1-2H3,(H,17,22)(H,18,19,20,21). The lowest BCUT2D eigenvalue weighted by Gasteiger charge is -2.33. The third-order valence-corrected chi connectivity index (χ3v) is 4.51. The van der Waals surface area contributed by atoms with E-state index in [4.69, 9.17) is 16.3 Å². The molecule has 1 aromatic heterocycles. The molecule has 1 fully saturated rings. The van der Waals surface area contributed by atoms with Crippen LogP contribution in [-0.2, 0) is 14.9 Å². The number of aromatic amines is 1. The van der Waals surface area contributed by atoms with Crippen LogP contribution in [0.1, 0.15) is 29.8 Å². The minimum absolute atomic E-state index is 0.143. The van der Waals surface area contributed by atoms with Crippen molar-refractivity contribution < 1.29 is 9.53 Å². The number of anilines is 1. The van der Waals surface area contributed by atoms with Gasteiger partial charge in [0.2, 0.25) is 5.91 Å². The Bertz CT molecular complexity index is 688. The van der Waals surface area contributed by atoms with E-state index in [1.54, 1.807) is 0 Å². The number of nitrogens with one attached hydrogen (secondary N) is 2. The van der Waals surface area contributed by atoms with Gasteiger partial charge >= 0.3 is 0 Å². The molecule has 0 unspecified atom stereocenters. The molecule has 2 N–H and O–H groups in total. The van der Waals surface area contributed by atoms with Crippen LogP contribution < -0.4 is 5.32 Å². The van der Waals surface area contributed by atoms with Crippen LogP contribution in [0.4, 0.5) is 5.69 Å². The van der Waals surface area contributed by atoms with Gasteiger partial charge < -0.3 is 10.1 Å². The number of benzene rings is 1. The van der Waals surface area contributed by atoms with Gasteiger partial charge in [-0.3, -0.25) is 4.79 Å². The Morgan fingerprint density at radius 1 is 1.30 bits per heavy atom. The average Bonchev–Trinajstić information content (AvgIpc) is 3.06. The zero-order valence-electron chi connectivity index (χ0n) is 13.0. The third kappa shape index (κ3) is 2.94. The predicted molar refractivity (Wildman–Crippen MR) is 85.5 cm³/mol. The monoisotopic (exact) mass is 335 g/mol. The number of rotatable bonds is 3. The van der Waals surface area contributed by atoms with E-state index in [1.807, 2.05) is 26.0 Å². The summed E-state index contributed by atoms with van der Waals surface area (Å²) in [4.78, 5) is 13.1. The number of nitrogens with zero attached hydrogens (tertiary/aromatic N) is 3. The molecule has 3 rings (SSSR count). The van der Waals surface area contributed by atoms with Crippen LogP contribution in [0.2, 0.25) is 5.02 Å². The van der Waals surface area contributed by atoms with Gasteiger partial charge in [-0.05, 0) is 49.9 Å². The molecule has 0 saturated carbocycles. The highest BCUT2D eigenvalue weighted by molar-refractivity contribution is 6.30. The van der Waals surface area contributed by atoms with Crippen molar-refractivity contribution in [3.63, 3.8) is 0 Å². The molecule has 122 valence electrons. The predicted octanol–water partition coefficient (Wildman–Crippen LogP) is 2.16. The maximum absolute atomic E-state index is 13.1. The number of H-pyrrole nitrogens is 1. The summed E-state index contributed by atoms with van der Waals surface area (Å²) in [5.41, 5.74) is 1.77. The van der Waals surface area contributed by atoms with Crippen molar-refractivity contribution in [1.82, 2.24) is 20.6 Å². The van der Waals surface area contributed by atoms with Crippen LogP contribution >= 0.6 is 11.6 Å². The van der Waals surface area contributed by atoms with E-state index in [0.29, 0.717) is 36.9 Å². The maximum atomic E-state index is 13.1. The lowest BCUT2D eigenvalue weighted by atomic mass is 9.78. The fraction of sp³-hybridized carbons (Fsp3) is 0.467. The summed E-state index contributed by atoms with van der Waals surface area (Å²) in [7, 11) is 0. The molecule has 1 aliphatic rings. The summed E-state index contributed by atoms with van der Waals surface area (Å²) in [5.74, 6) is 0.262. The van der Waals surface area contributed by atoms with Crippen LogP contribution in [0.5, 0.6) is 0 Å². The highest BCUT2D eigenvalue weighted by atomic mass is 35.5. The second-order valence-corrected chi connectivity index (χ2v) is 6.24. The summed E-state index contributed by atoms with van der Waals surface area (Å²) in [5, 5.41) is 17.8. The van der Waals surface area contributed by atoms with E-state index >= 15 is 0 Å². The Morgan fingerprint density at radius 3 is 2.52 bits per heavy atom. The van der Waals surface area contributed by atoms with Crippen LogP contribution in [0.15, 0.2) is 12.1 Å². The Labute approximate surface area is 138 Å². The molecule has 23 heavy (non-hydrogen) atoms. The average molecular weight is 336 g/mol. The number of hydrogen-bond acceptors (Lipinski definition) is 5. The van der Waals surface area contributed by atoms with Crippen molar-refractivity contribution in [1.29, 1.82) is 0 Å². The van der Waals surface area contributed by atoms with E-state index in [-0.39, 0.29) is 5.91 Å². The van der Waals surface area contributed by atoms with Crippen LogP contribution in [-0.4, -0.2) is 39.7 Å². The highest BCUT2D eigenvalue weighted by Crippen LogP contribution is 2.35. The molecule has 1 amide bonds. The number of carbonyl (C=O) groups is 1. The Balaban J connectivity index is 1.94. The molecular formula is C15H18ClN5O2. The van der Waals surface area contributed by atoms with Crippen LogP contribution in [0.3, 0.4) is 0 Å². The molecule has 8 heteroatoms. The number of tetrazole rings is 1. The zero-order chi connectivity index (χ0) is 16.4. The molecule has 1 aromatic carbocycles. The van der Waals surface area contributed by atoms with Gasteiger partial charge in [0.05, 0.1) is 0 Å². The smallest absolute Gasteiger partial charge is 0.238 e. The number of carbonyl (C=O) groups excluding carboxylic acids is 1. The number of amides is 1. The van der Waals surface area contributed by atoms with Crippen molar-refractivity contribution in [3.05, 3.63) is 34.1 Å². The molecule has 2 aromatic rings. The molecule has 0 radical (unpaired) electrons. The van der Waals surface area contributed by atoms with Gasteiger partial charge in [-0.1, -0.05) is 16.8 Å². The van der Waals surface area contributed by atoms with Crippen molar-refractivity contribution in [3.8, 4) is 0 Å². The van der Waals surface area contributed by atoms with E-state index in [0.717, 1.165) is 16.8 Å². The minimum Gasteiger partial charge on any atom is -0.381 e. The first-order chi connectivity index (χ1) is 11.0. The molecule has 2 heterocycles. The van der Waals surface area contributed by atoms with Crippen LogP contribution in [0, 0.1) is 13.8 Å². The Morgan fingerprint density at radius 2 is 1.96 bits per heavy atom. The Hall–Kier alpha value is -1.99. The first-order valence-electron chi connectivity index (χ1n) is 7.43. The second kappa shape index (κ2) is 6.25. The molecular weight excluding hydrogens is 318 g/mol. The topological polar surface area (TPSA) is 92.8 Å². The normalized spacial score (nSPS) is 17.0. The largest absolute Gasteiger partial charge is 0.381 e. The number of hydrogen-bond donors (Lipinski definition) is 2. The SMILES string of the molecule is Cc1cc(Cl)cc(C)c1NC(=O)C1(c2nn[nH]n2)CCOCC1. The molecule has 1 aliphatic heterocycles. The summed E-state index contributed by atoms with van der Waals surface area (Å²) in [6, 6.07) is 3.66. The lowest BCUT2D eigenvalue weighted by molar-refractivity contribution is -0.125. The first kappa shape index (κ1) is 15.9. The van der Waals surface area contributed by atoms with Crippen molar-refractivity contribution in [2.75, 3.05) is 18.5 Å². The fourth-order valence-electron chi connectivity index (χ4n) is 2.98. The molecule has 0 aliphatic carbocycles. The highest BCUT2D eigenvalue weighted by Gasteiger charge is 2.45. The molecule has 0 atom stereocenters. The third-order valence-electron chi connectivity index (χ3n) is 4.29. The van der Waals surface area contributed by atoms with Gasteiger partial charge in [0, 0.05) is 23.9 Å². The number of aryl methyl sites for hydroxylation is 2. The Kier molecular flexibility index (Phi) is 4.32. The van der Waals surface area contributed by atoms with Gasteiger partial charge in [-0.15, -0.1) is 10.2 Å². The van der Waals surface area contributed by atoms with E-state index in [1.165, 1.54) is 0 Å². The van der Waals surface area contributed by atoms with Crippen molar-refractivity contribution >= 4 is 23.2 Å². The van der Waals surface area contributed by atoms with E-state index in [2.05, 4.69) is 25.9 Å². The van der Waals surface area contributed by atoms with Gasteiger partial charge in [0.25, 0.3) is 0 Å². The molecule has 0 spiro atoms. The van der Waals surface area contributed by atoms with Gasteiger partial charge in [0.15, 0.2) is 5.82 Å². The summed E-state index contributed by atoms with van der Waals surface area (Å²) in [6.45, 7) is 4.81. The van der Waals surface area contributed by atoms with Crippen molar-refractivity contribution in [2.45, 2.75) is 32.1 Å². The summed E-state index contributed by atoms with van der Waals surface area (Å²) in [6.07, 6.45) is 1.04. The van der Waals surface area contributed by atoms with Crippen molar-refractivity contribution in [2.24, 2.45) is 0 Å². The first-order valence-corrected chi connectivity index (χ1v) is 7.80. The minimum atomic E-state index is -0.830. The van der Waals surface area contributed by atoms with E-state index < -0.39 is 5.41 Å². The van der Waals surface area contributed by atoms with Gasteiger partial charge in [-0.2, -0.15) is 5.21 Å². The van der Waals surface area contributed by atoms with Gasteiger partial charge in [0.1, 0.15) is 5.41 Å². The maximum Gasteiger partial charge on any atom is 0.238 e. The fourth-order valence-corrected chi connectivity index (χ4v) is 3.30. The van der Waals surface area contributed by atoms with Gasteiger partial charge in [-0.25, -0.2) is 0 Å². The number of halogens is 1. The summed E-state index contributed by atoms with van der Waals surface area (Å²) >= 11 is 6.05. The molecule has 7 nitrogen and oxygen atoms in total. The van der Waals surface area contributed by atoms with E-state index in [9.17, 15) is 4.79 Å². The van der Waals surface area contributed by atoms with Crippen LogP contribution in [0.25, 0.3) is 0 Å². The lowest BCUT2D eigenvalue weighted by Crippen LogP contribution is -2.46. The quantitative estimate of drug-likeness (QED) is 0.896. The number of aromatic nitrogens is 4.